The van der Waals surface area contributed by atoms with Gasteiger partial charge in [0, 0.05) is 12.0 Å². The highest BCUT2D eigenvalue weighted by Crippen LogP contribution is 2.31. The summed E-state index contributed by atoms with van der Waals surface area (Å²) in [6.45, 7) is 1.86. The third kappa shape index (κ3) is 4.20. The number of hydrogen-bond acceptors (Lipinski definition) is 7. The van der Waals surface area contributed by atoms with E-state index in [2.05, 4.69) is 10.3 Å². The minimum atomic E-state index is -3.76. The molecule has 0 saturated heterocycles. The van der Waals surface area contributed by atoms with Crippen LogP contribution in [0.2, 0.25) is 0 Å². The lowest BCUT2D eigenvalue weighted by Gasteiger charge is -2.27. The number of oxazole rings is 1. The number of ether oxygens (including phenoxy) is 1. The lowest BCUT2D eigenvalue weighted by atomic mass is 10.0. The van der Waals surface area contributed by atoms with Crippen molar-refractivity contribution in [3.63, 3.8) is 0 Å². The van der Waals surface area contributed by atoms with Crippen molar-refractivity contribution in [1.82, 2.24) is 10.3 Å². The Bertz CT molecular complexity index is 1110. The molecule has 4 rings (SSSR count). The van der Waals surface area contributed by atoms with Gasteiger partial charge in [-0.25, -0.2) is 13.4 Å². The summed E-state index contributed by atoms with van der Waals surface area (Å²) in [5.41, 5.74) is 1.14. The highest BCUT2D eigenvalue weighted by atomic mass is 32.2. The second-order valence-electron chi connectivity index (χ2n) is 6.81. The molecule has 0 bridgehead atoms. The molecule has 0 radical (unpaired) electrons. The molecule has 152 valence electrons. The molecular weight excluding hydrogens is 412 g/mol. The molecule has 7 nitrogen and oxygen atoms in total. The molecule has 1 amide bonds. The number of para-hydroxylation sites is 1. The monoisotopic (exact) mass is 432 g/mol. The number of rotatable bonds is 6. The second-order valence-corrected chi connectivity index (χ2v) is 10.1. The average molecular weight is 433 g/mol. The fraction of sp³-hybridized carbons (Fsp3) is 0.300. The Morgan fingerprint density at radius 3 is 2.93 bits per heavy atom. The first kappa shape index (κ1) is 19.7. The number of carbonyl (C=O) groups is 1. The summed E-state index contributed by atoms with van der Waals surface area (Å²) in [6, 6.07) is 10.9. The molecule has 1 aliphatic heterocycles. The zero-order valence-corrected chi connectivity index (χ0v) is 17.3. The van der Waals surface area contributed by atoms with E-state index < -0.39 is 21.0 Å². The van der Waals surface area contributed by atoms with E-state index in [1.54, 1.807) is 0 Å². The van der Waals surface area contributed by atoms with Gasteiger partial charge < -0.3 is 14.5 Å². The van der Waals surface area contributed by atoms with Crippen molar-refractivity contribution in [2.45, 2.75) is 30.4 Å². The second kappa shape index (κ2) is 8.00. The number of nitrogens with one attached hydrogen (secondary N) is 1. The van der Waals surface area contributed by atoms with E-state index in [1.165, 1.54) is 24.5 Å². The number of carbonyl (C=O) groups excluding carboxylic acids is 1. The van der Waals surface area contributed by atoms with Crippen LogP contribution < -0.4 is 10.1 Å². The van der Waals surface area contributed by atoms with Crippen LogP contribution in [0.5, 0.6) is 5.75 Å². The first-order valence-corrected chi connectivity index (χ1v) is 11.8. The number of sulfone groups is 1. The van der Waals surface area contributed by atoms with E-state index >= 15 is 0 Å². The Kier molecular flexibility index (Phi) is 5.42. The van der Waals surface area contributed by atoms with E-state index in [9.17, 15) is 13.2 Å². The van der Waals surface area contributed by atoms with Crippen LogP contribution in [0.3, 0.4) is 0 Å². The van der Waals surface area contributed by atoms with Gasteiger partial charge in [0.25, 0.3) is 0 Å². The zero-order valence-electron chi connectivity index (χ0n) is 15.7. The molecule has 2 aromatic heterocycles. The van der Waals surface area contributed by atoms with Crippen LogP contribution in [0.1, 0.15) is 30.6 Å². The number of fused-ring (bicyclic) bond motifs is 1. The standard InChI is InChI=1S/C20H20N2O5S2/c1-13(19(23)22-16-8-9-26-17-6-3-2-5-15(16)17)29(24,25)12-14-11-27-20(21-14)18-7-4-10-28-18/h2-7,10-11,13,16H,8-9,12H2,1H3,(H,22,23)/t13-,16+/m0/s1. The number of aromatic nitrogens is 1. The molecule has 29 heavy (non-hydrogen) atoms. The van der Waals surface area contributed by atoms with Crippen molar-refractivity contribution in [3.05, 3.63) is 59.3 Å². The maximum absolute atomic E-state index is 12.8. The number of hydrogen-bond donors (Lipinski definition) is 1. The van der Waals surface area contributed by atoms with E-state index in [0.29, 0.717) is 24.7 Å². The van der Waals surface area contributed by atoms with Gasteiger partial charge in [-0.15, -0.1) is 11.3 Å². The van der Waals surface area contributed by atoms with Crippen LogP contribution in [0.25, 0.3) is 10.8 Å². The van der Waals surface area contributed by atoms with Gasteiger partial charge in [-0.2, -0.15) is 0 Å². The number of thiophene rings is 1. The van der Waals surface area contributed by atoms with Crippen LogP contribution in [0.15, 0.2) is 52.5 Å². The van der Waals surface area contributed by atoms with Crippen molar-refractivity contribution in [3.8, 4) is 16.5 Å². The third-order valence-corrected chi connectivity index (χ3v) is 7.66. The van der Waals surface area contributed by atoms with Crippen molar-refractivity contribution in [2.75, 3.05) is 6.61 Å². The van der Waals surface area contributed by atoms with Gasteiger partial charge in [0.1, 0.15) is 17.3 Å². The Balaban J connectivity index is 1.44. The molecule has 1 aromatic carbocycles. The van der Waals surface area contributed by atoms with Crippen LogP contribution in [-0.2, 0) is 20.4 Å². The maximum Gasteiger partial charge on any atom is 0.238 e. The van der Waals surface area contributed by atoms with Crippen LogP contribution >= 0.6 is 11.3 Å². The van der Waals surface area contributed by atoms with Crippen LogP contribution in [0.4, 0.5) is 0 Å². The Hall–Kier alpha value is -2.65. The van der Waals surface area contributed by atoms with Gasteiger partial charge in [0.2, 0.25) is 11.8 Å². The smallest absolute Gasteiger partial charge is 0.238 e. The first-order chi connectivity index (χ1) is 13.9. The zero-order chi connectivity index (χ0) is 20.4. The molecule has 1 N–H and O–H groups in total. The van der Waals surface area contributed by atoms with E-state index in [4.69, 9.17) is 9.15 Å². The molecule has 9 heteroatoms. The number of benzene rings is 1. The SMILES string of the molecule is C[C@@H](C(=O)N[C@@H]1CCOc2ccccc21)S(=O)(=O)Cc1coc(-c2cccs2)n1. The van der Waals surface area contributed by atoms with Crippen LogP contribution in [-0.4, -0.2) is 31.2 Å². The molecule has 0 saturated carbocycles. The lowest BCUT2D eigenvalue weighted by Crippen LogP contribution is -2.41. The van der Waals surface area contributed by atoms with Crippen LogP contribution in [0, 0.1) is 0 Å². The summed E-state index contributed by atoms with van der Waals surface area (Å²) in [4.78, 5) is 17.7. The quantitative estimate of drug-likeness (QED) is 0.641. The van der Waals surface area contributed by atoms with Gasteiger partial charge >= 0.3 is 0 Å². The summed E-state index contributed by atoms with van der Waals surface area (Å²) in [6.07, 6.45) is 1.91. The molecule has 0 spiro atoms. The molecule has 0 unspecified atom stereocenters. The van der Waals surface area contributed by atoms with Crippen molar-refractivity contribution in [2.24, 2.45) is 0 Å². The molecule has 1 aliphatic rings. The van der Waals surface area contributed by atoms with Gasteiger partial charge in [0.15, 0.2) is 9.84 Å². The number of nitrogens with zero attached hydrogens (tertiary/aromatic N) is 1. The highest BCUT2D eigenvalue weighted by Gasteiger charge is 2.32. The lowest BCUT2D eigenvalue weighted by molar-refractivity contribution is -0.121. The molecule has 2 atom stereocenters. The molecule has 0 fully saturated rings. The summed E-state index contributed by atoms with van der Waals surface area (Å²) in [7, 11) is -3.76. The normalized spacial score (nSPS) is 17.2. The summed E-state index contributed by atoms with van der Waals surface area (Å²) in [5, 5.41) is 3.53. The van der Waals surface area contributed by atoms with Gasteiger partial charge in [-0.3, -0.25) is 4.79 Å². The Labute approximate surface area is 172 Å². The Morgan fingerprint density at radius 1 is 1.31 bits per heavy atom. The van der Waals surface area contributed by atoms with Gasteiger partial charge in [-0.1, -0.05) is 24.3 Å². The fourth-order valence-corrected chi connectivity index (χ4v) is 5.01. The Morgan fingerprint density at radius 2 is 2.14 bits per heavy atom. The first-order valence-electron chi connectivity index (χ1n) is 9.16. The third-order valence-electron chi connectivity index (χ3n) is 4.82. The van der Waals surface area contributed by atoms with E-state index in [1.807, 2.05) is 41.8 Å². The van der Waals surface area contributed by atoms with Gasteiger partial charge in [0.05, 0.1) is 29.0 Å². The fourth-order valence-electron chi connectivity index (χ4n) is 3.16. The molecule has 3 aromatic rings. The average Bonchev–Trinajstić information content (AvgIpc) is 3.39. The summed E-state index contributed by atoms with van der Waals surface area (Å²) < 4.78 is 36.5. The predicted molar refractivity (Wildman–Crippen MR) is 109 cm³/mol. The van der Waals surface area contributed by atoms with Crippen molar-refractivity contribution < 1.29 is 22.4 Å². The highest BCUT2D eigenvalue weighted by molar-refractivity contribution is 7.92. The summed E-state index contributed by atoms with van der Waals surface area (Å²) in [5.74, 6) is 0.193. The van der Waals surface area contributed by atoms with Gasteiger partial charge in [-0.05, 0) is 24.4 Å². The maximum atomic E-state index is 12.8. The molecule has 0 aliphatic carbocycles. The minimum absolute atomic E-state index is 0.275. The number of amides is 1. The molecular formula is C20H20N2O5S2. The van der Waals surface area contributed by atoms with E-state index in [-0.39, 0.29) is 17.5 Å². The predicted octanol–water partition coefficient (Wildman–Crippen LogP) is 3.35. The minimum Gasteiger partial charge on any atom is -0.493 e. The van der Waals surface area contributed by atoms with Crippen molar-refractivity contribution >= 4 is 27.1 Å². The largest absolute Gasteiger partial charge is 0.493 e. The van der Waals surface area contributed by atoms with E-state index in [0.717, 1.165) is 10.4 Å². The summed E-state index contributed by atoms with van der Waals surface area (Å²) >= 11 is 1.45. The van der Waals surface area contributed by atoms with Crippen molar-refractivity contribution in [1.29, 1.82) is 0 Å². The molecule has 3 heterocycles. The topological polar surface area (TPSA) is 98.5 Å².